The monoisotopic (exact) mass is 498 g/mol. The van der Waals surface area contributed by atoms with Gasteiger partial charge >= 0.3 is 0 Å². The molecule has 0 aliphatic carbocycles. The zero-order valence-electron chi connectivity index (χ0n) is 17.7. The first-order chi connectivity index (χ1) is 16.1. The fraction of sp³-hybridized carbons (Fsp3) is 0.0870. The van der Waals surface area contributed by atoms with E-state index in [1.165, 1.54) is 22.7 Å². The molecule has 0 fully saturated rings. The lowest BCUT2D eigenvalue weighted by atomic mass is 10.1. The molecule has 0 atom stereocenters. The van der Waals surface area contributed by atoms with Gasteiger partial charge in [0, 0.05) is 10.6 Å². The summed E-state index contributed by atoms with van der Waals surface area (Å²) in [7, 11) is 3.17. The number of aromatic nitrogens is 1. The van der Waals surface area contributed by atoms with Gasteiger partial charge in [-0.25, -0.2) is 4.98 Å². The van der Waals surface area contributed by atoms with Gasteiger partial charge in [0.05, 0.1) is 25.3 Å². The first-order valence-corrected chi connectivity index (χ1v) is 11.8. The lowest BCUT2D eigenvalue weighted by Gasteiger charge is -2.07. The lowest BCUT2D eigenvalue weighted by Crippen LogP contribution is -2.09. The molecule has 0 saturated carbocycles. The number of benzene rings is 2. The van der Waals surface area contributed by atoms with Gasteiger partial charge in [0.25, 0.3) is 5.91 Å². The highest BCUT2D eigenvalue weighted by atomic mass is 35.5. The highest BCUT2D eigenvalue weighted by Crippen LogP contribution is 2.37. The van der Waals surface area contributed by atoms with E-state index in [0.717, 1.165) is 11.1 Å². The fourth-order valence-corrected chi connectivity index (χ4v) is 4.50. The van der Waals surface area contributed by atoms with E-state index in [-0.39, 0.29) is 5.91 Å². The Kier molecular flexibility index (Phi) is 7.23. The van der Waals surface area contributed by atoms with Crippen LogP contribution in [0.2, 0.25) is 5.02 Å². The largest absolute Gasteiger partial charge is 0.493 e. The van der Waals surface area contributed by atoms with E-state index in [1.54, 1.807) is 44.7 Å². The third-order valence-electron chi connectivity index (χ3n) is 4.50. The van der Waals surface area contributed by atoms with Crippen molar-refractivity contribution >= 4 is 56.5 Å². The smallest absolute Gasteiger partial charge is 0.266 e. The molecular weight excluding hydrogens is 480 g/mol. The second-order valence-corrected chi connectivity index (χ2v) is 9.00. The Morgan fingerprint density at radius 1 is 1.09 bits per heavy atom. The van der Waals surface area contributed by atoms with Crippen molar-refractivity contribution in [3.8, 4) is 22.8 Å². The van der Waals surface area contributed by atoms with Crippen molar-refractivity contribution in [2.45, 2.75) is 0 Å². The minimum Gasteiger partial charge on any atom is -0.493 e. The molecule has 0 aliphatic heterocycles. The Morgan fingerprint density at radius 3 is 2.58 bits per heavy atom. The molecule has 1 amide bonds. The van der Waals surface area contributed by atoms with Crippen molar-refractivity contribution in [3.63, 3.8) is 0 Å². The number of ether oxygens (including phenoxy) is 2. The SMILES string of the molecule is COc1ccc(/C=N\Nc2nc(-c3ccc(Cl)cc3)c(NC(=O)c3cccs3)s2)cc1OC. The summed E-state index contributed by atoms with van der Waals surface area (Å²) in [6.45, 7) is 0. The minimum atomic E-state index is -0.191. The number of halogens is 1. The number of thiophene rings is 1. The molecule has 0 saturated heterocycles. The number of amides is 1. The van der Waals surface area contributed by atoms with Gasteiger partial charge in [-0.2, -0.15) is 5.10 Å². The molecule has 2 heterocycles. The van der Waals surface area contributed by atoms with Gasteiger partial charge < -0.3 is 14.8 Å². The molecular formula is C23H19ClN4O3S2. The van der Waals surface area contributed by atoms with Crippen molar-refractivity contribution in [1.82, 2.24) is 4.98 Å². The number of carbonyl (C=O) groups is 1. The Bertz CT molecular complexity index is 1270. The number of hydrogen-bond acceptors (Lipinski definition) is 8. The summed E-state index contributed by atoms with van der Waals surface area (Å²) in [4.78, 5) is 17.9. The molecule has 2 N–H and O–H groups in total. The van der Waals surface area contributed by atoms with Crippen molar-refractivity contribution in [1.29, 1.82) is 0 Å². The van der Waals surface area contributed by atoms with Crippen molar-refractivity contribution < 1.29 is 14.3 Å². The third kappa shape index (κ3) is 5.51. The maximum absolute atomic E-state index is 12.6. The van der Waals surface area contributed by atoms with Crippen molar-refractivity contribution in [2.75, 3.05) is 25.0 Å². The first kappa shape index (κ1) is 22.8. The number of carbonyl (C=O) groups excluding carboxylic acids is 1. The fourth-order valence-electron chi connectivity index (χ4n) is 2.92. The van der Waals surface area contributed by atoms with Gasteiger partial charge in [-0.3, -0.25) is 10.2 Å². The summed E-state index contributed by atoms with van der Waals surface area (Å²) >= 11 is 8.70. The normalized spacial score (nSPS) is 10.9. The van der Waals surface area contributed by atoms with Crippen LogP contribution in [0.15, 0.2) is 65.1 Å². The molecule has 168 valence electrons. The highest BCUT2D eigenvalue weighted by molar-refractivity contribution is 7.20. The van der Waals surface area contributed by atoms with Crippen molar-refractivity contribution in [3.05, 3.63) is 75.4 Å². The van der Waals surface area contributed by atoms with E-state index in [0.29, 0.717) is 37.2 Å². The average molecular weight is 499 g/mol. The standard InChI is InChI=1S/C23H19ClN4O3S2/c1-30-17-10-5-14(12-18(17)31-2)13-25-28-23-26-20(15-6-8-16(24)9-7-15)22(33-23)27-21(29)19-4-3-11-32-19/h3-13H,1-2H3,(H,26,28)(H,27,29)/b25-13-. The molecule has 0 spiro atoms. The number of nitrogens with one attached hydrogen (secondary N) is 2. The van der Waals surface area contributed by atoms with E-state index in [1.807, 2.05) is 35.7 Å². The second kappa shape index (κ2) is 10.5. The summed E-state index contributed by atoms with van der Waals surface area (Å²) < 4.78 is 10.6. The summed E-state index contributed by atoms with van der Waals surface area (Å²) in [6, 6.07) is 16.4. The van der Waals surface area contributed by atoms with E-state index in [4.69, 9.17) is 21.1 Å². The predicted octanol–water partition coefficient (Wildman–Crippen LogP) is 6.24. The maximum Gasteiger partial charge on any atom is 0.266 e. The Hall–Kier alpha value is -3.40. The van der Waals surface area contributed by atoms with Crippen LogP contribution in [0.4, 0.5) is 10.1 Å². The molecule has 0 aliphatic rings. The van der Waals surface area contributed by atoms with Crippen LogP contribution in [-0.2, 0) is 0 Å². The summed E-state index contributed by atoms with van der Waals surface area (Å²) in [5.41, 5.74) is 5.22. The molecule has 0 unspecified atom stereocenters. The van der Waals surface area contributed by atoms with Crippen LogP contribution in [0.3, 0.4) is 0 Å². The van der Waals surface area contributed by atoms with E-state index >= 15 is 0 Å². The number of thiazole rings is 1. The minimum absolute atomic E-state index is 0.191. The molecule has 4 aromatic rings. The number of nitrogens with zero attached hydrogens (tertiary/aromatic N) is 2. The van der Waals surface area contributed by atoms with Gasteiger partial charge in [-0.1, -0.05) is 41.1 Å². The lowest BCUT2D eigenvalue weighted by molar-refractivity contribution is 0.103. The number of anilines is 2. The summed E-state index contributed by atoms with van der Waals surface area (Å²) in [5.74, 6) is 1.06. The average Bonchev–Trinajstić information content (AvgIpc) is 3.50. The van der Waals surface area contributed by atoms with Crippen molar-refractivity contribution in [2.24, 2.45) is 5.10 Å². The van der Waals surface area contributed by atoms with Crippen LogP contribution in [0.25, 0.3) is 11.3 Å². The Labute approximate surface area is 203 Å². The molecule has 7 nitrogen and oxygen atoms in total. The second-order valence-electron chi connectivity index (χ2n) is 6.62. The predicted molar refractivity (Wildman–Crippen MR) is 136 cm³/mol. The topological polar surface area (TPSA) is 84.8 Å². The zero-order valence-corrected chi connectivity index (χ0v) is 20.1. The van der Waals surface area contributed by atoms with Crippen LogP contribution in [0.5, 0.6) is 11.5 Å². The van der Waals surface area contributed by atoms with E-state index < -0.39 is 0 Å². The van der Waals surface area contributed by atoms with Crippen LogP contribution < -0.4 is 20.2 Å². The van der Waals surface area contributed by atoms with Crippen LogP contribution in [-0.4, -0.2) is 31.3 Å². The van der Waals surface area contributed by atoms with Gasteiger partial charge in [0.15, 0.2) is 11.5 Å². The third-order valence-corrected chi connectivity index (χ3v) is 6.49. The number of hydrogen-bond donors (Lipinski definition) is 2. The summed E-state index contributed by atoms with van der Waals surface area (Å²) in [6.07, 6.45) is 1.65. The number of methoxy groups -OCH3 is 2. The molecule has 0 radical (unpaired) electrons. The Balaban J connectivity index is 1.57. The molecule has 4 rings (SSSR count). The van der Waals surface area contributed by atoms with Gasteiger partial charge in [-0.05, 0) is 47.3 Å². The van der Waals surface area contributed by atoms with Crippen LogP contribution in [0.1, 0.15) is 15.2 Å². The molecule has 2 aromatic carbocycles. The molecule has 0 bridgehead atoms. The molecule has 2 aromatic heterocycles. The number of hydrazone groups is 1. The van der Waals surface area contributed by atoms with E-state index in [2.05, 4.69) is 20.8 Å². The Morgan fingerprint density at radius 2 is 1.88 bits per heavy atom. The van der Waals surface area contributed by atoms with Crippen LogP contribution in [0, 0.1) is 0 Å². The summed E-state index contributed by atoms with van der Waals surface area (Å²) in [5, 5.41) is 10.9. The zero-order chi connectivity index (χ0) is 23.2. The molecule has 33 heavy (non-hydrogen) atoms. The van der Waals surface area contributed by atoms with Gasteiger partial charge in [0.1, 0.15) is 10.7 Å². The maximum atomic E-state index is 12.6. The van der Waals surface area contributed by atoms with Gasteiger partial charge in [-0.15, -0.1) is 11.3 Å². The molecule has 10 heteroatoms. The first-order valence-electron chi connectivity index (χ1n) is 9.70. The highest BCUT2D eigenvalue weighted by Gasteiger charge is 2.17. The van der Waals surface area contributed by atoms with Crippen LogP contribution >= 0.6 is 34.3 Å². The number of rotatable bonds is 8. The van der Waals surface area contributed by atoms with E-state index in [9.17, 15) is 4.79 Å². The van der Waals surface area contributed by atoms with Gasteiger partial charge in [0.2, 0.25) is 5.13 Å². The quantitative estimate of drug-likeness (QED) is 0.222.